The van der Waals surface area contributed by atoms with Crippen LogP contribution in [-0.2, 0) is 59.5 Å². The van der Waals surface area contributed by atoms with Gasteiger partial charge in [0, 0.05) is 106 Å². The van der Waals surface area contributed by atoms with Crippen molar-refractivity contribution < 1.29 is 84.0 Å². The highest BCUT2D eigenvalue weighted by molar-refractivity contribution is 7.89. The molecule has 0 saturated carbocycles. The molecule has 2 aliphatic heterocycles. The van der Waals surface area contributed by atoms with Gasteiger partial charge in [0.15, 0.2) is 18.1 Å². The number of amides is 8. The Balaban J connectivity index is 0.000000345. The molecule has 2 atom stereocenters. The number of hydrogen-bond donors (Lipinski definition) is 7. The number of benzene rings is 6. The Labute approximate surface area is 844 Å². The van der Waals surface area contributed by atoms with Gasteiger partial charge in [-0.25, -0.2) is 27.0 Å². The second-order valence-electron chi connectivity index (χ2n) is 44.1. The highest BCUT2D eigenvalue weighted by Crippen LogP contribution is 2.36. The summed E-state index contributed by atoms with van der Waals surface area (Å²) in [6.07, 6.45) is 14.8. The zero-order valence-electron chi connectivity index (χ0n) is 89.0. The Morgan fingerprint density at radius 1 is 0.511 bits per heavy atom. The largest absolute Gasteiger partial charge is 0.486 e. The number of rotatable bonds is 31. The molecule has 1 aromatic heterocycles. The summed E-state index contributed by atoms with van der Waals surface area (Å²) in [4.78, 5) is 113. The molecule has 2 unspecified atom stereocenters. The highest BCUT2D eigenvalue weighted by atomic mass is 35.5. The van der Waals surface area contributed by atoms with Gasteiger partial charge in [0.2, 0.25) is 57.3 Å². The molecule has 8 amide bonds. The molecule has 1 fully saturated rings. The van der Waals surface area contributed by atoms with Crippen LogP contribution in [0.5, 0.6) is 23.1 Å². The molecule has 0 bridgehead atoms. The third-order valence-corrected chi connectivity index (χ3v) is 24.9. The van der Waals surface area contributed by atoms with Crippen molar-refractivity contribution in [2.45, 2.75) is 306 Å². The van der Waals surface area contributed by atoms with Crippen molar-refractivity contribution in [3.8, 4) is 23.1 Å². The lowest BCUT2D eigenvalue weighted by Crippen LogP contribution is -2.40. The number of hydrogen-bond acceptors (Lipinski definition) is 17. The SMILES string of the molecule is CC(C)(C)CCC(=O)NC1CCc2ccccc21.CC(C)(C)CCC(=O)NCC1COc2ccccc2O1.CC(C)(C)CCC(=O)Nc1cc(F)ccc1F.CC(C)(C)CCC(=O)Nc1cccc(OCC(=O)N2CCCC2)c1.CCN(CC)S(=O)(=O)c1cc(C)c(C)c(NC(=O)CCC(C)(C)C)c1.COC(=O)c1cc(NC(=O)CCC(C)(C)C)ccc1Cl.COc1ccc(NC(=O)CCC(C)(C)C)cn1. The summed E-state index contributed by atoms with van der Waals surface area (Å²) in [6, 6.07) is 37.9. The number of ether oxygens (including phenoxy) is 5. The van der Waals surface area contributed by atoms with Crippen molar-refractivity contribution in [2.24, 2.45) is 37.9 Å². The van der Waals surface area contributed by atoms with E-state index < -0.39 is 27.6 Å². The summed E-state index contributed by atoms with van der Waals surface area (Å²) < 4.78 is 79.6. The summed E-state index contributed by atoms with van der Waals surface area (Å²) in [5.74, 6) is 0.735. The van der Waals surface area contributed by atoms with Crippen LogP contribution in [0.25, 0.3) is 0 Å². The second-order valence-corrected chi connectivity index (χ2v) is 46.5. The van der Waals surface area contributed by atoms with Crippen LogP contribution in [0.4, 0.5) is 37.2 Å². The van der Waals surface area contributed by atoms with E-state index in [1.807, 2.05) is 89.8 Å². The molecule has 1 saturated heterocycles. The Hall–Kier alpha value is -11.0. The molecule has 30 heteroatoms. The quantitative estimate of drug-likeness (QED) is 0.0199. The minimum atomic E-state index is -3.55. The van der Waals surface area contributed by atoms with Crippen LogP contribution in [0.3, 0.4) is 0 Å². The van der Waals surface area contributed by atoms with Gasteiger partial charge >= 0.3 is 5.97 Å². The van der Waals surface area contributed by atoms with Gasteiger partial charge in [-0.3, -0.25) is 38.4 Å². The number of methoxy groups -OCH3 is 2. The Morgan fingerprint density at radius 3 is 1.48 bits per heavy atom. The molecule has 7 N–H and O–H groups in total. The molecular formula is C111H163ClF2N10O16S. The summed E-state index contributed by atoms with van der Waals surface area (Å²) >= 11 is 5.91. The average Bonchev–Trinajstić information content (AvgIpc) is 1.41. The first-order valence-corrected chi connectivity index (χ1v) is 50.8. The number of esters is 1. The number of aromatic nitrogens is 1. The third kappa shape index (κ3) is 51.0. The summed E-state index contributed by atoms with van der Waals surface area (Å²) in [6.45, 7) is 55.1. The minimum absolute atomic E-state index is 0.00443. The van der Waals surface area contributed by atoms with Gasteiger partial charge in [-0.05, 0) is 217 Å². The van der Waals surface area contributed by atoms with Crippen molar-refractivity contribution >= 4 is 103 Å². The topological polar surface area (TPSA) is 337 Å². The number of halogens is 3. The number of nitrogens with zero attached hydrogens (tertiary/aromatic N) is 3. The monoisotopic (exact) mass is 2000 g/mol. The van der Waals surface area contributed by atoms with E-state index in [1.54, 1.807) is 61.8 Å². The van der Waals surface area contributed by atoms with E-state index in [1.165, 1.54) is 28.6 Å². The summed E-state index contributed by atoms with van der Waals surface area (Å²) in [5.41, 5.74) is 8.01. The highest BCUT2D eigenvalue weighted by Gasteiger charge is 2.29. The predicted molar refractivity (Wildman–Crippen MR) is 563 cm³/mol. The number of likely N-dealkylation sites (tertiary alicyclic amines) is 1. The van der Waals surface area contributed by atoms with E-state index in [-0.39, 0.29) is 120 Å². The maximum Gasteiger partial charge on any atom is 0.339 e. The van der Waals surface area contributed by atoms with Crippen molar-refractivity contribution in [3.05, 3.63) is 184 Å². The van der Waals surface area contributed by atoms with E-state index >= 15 is 0 Å². The fourth-order valence-electron chi connectivity index (χ4n) is 13.7. The molecule has 3 aliphatic rings. The first kappa shape index (κ1) is 122. The van der Waals surface area contributed by atoms with Crippen LogP contribution in [0, 0.1) is 63.4 Å². The fourth-order valence-corrected chi connectivity index (χ4v) is 15.5. The number of fused-ring (bicyclic) bond motifs is 2. The number of sulfonamides is 1. The maximum atomic E-state index is 13.2. The lowest BCUT2D eigenvalue weighted by Gasteiger charge is -2.26. The van der Waals surface area contributed by atoms with E-state index in [0.717, 1.165) is 118 Å². The van der Waals surface area contributed by atoms with E-state index in [4.69, 9.17) is 30.5 Å². The van der Waals surface area contributed by atoms with Crippen LogP contribution >= 0.6 is 11.6 Å². The first-order chi connectivity index (χ1) is 65.6. The van der Waals surface area contributed by atoms with Crippen LogP contribution in [-0.4, -0.2) is 142 Å². The van der Waals surface area contributed by atoms with Crippen molar-refractivity contribution in [1.29, 1.82) is 0 Å². The zero-order chi connectivity index (χ0) is 106. The van der Waals surface area contributed by atoms with Crippen molar-refractivity contribution in [3.63, 3.8) is 0 Å². The van der Waals surface area contributed by atoms with Gasteiger partial charge in [0.25, 0.3) is 5.91 Å². The molecule has 1 aliphatic carbocycles. The summed E-state index contributed by atoms with van der Waals surface area (Å²) in [5, 5.41) is 20.1. The first-order valence-electron chi connectivity index (χ1n) is 49.0. The van der Waals surface area contributed by atoms with Crippen molar-refractivity contribution in [1.82, 2.24) is 24.8 Å². The van der Waals surface area contributed by atoms with Gasteiger partial charge in [0.1, 0.15) is 30.1 Å². The molecule has 3 heterocycles. The summed E-state index contributed by atoms with van der Waals surface area (Å²) in [7, 11) is -0.708. The molecule has 7 aromatic rings. The molecule has 26 nitrogen and oxygen atoms in total. The Morgan fingerprint density at radius 2 is 0.979 bits per heavy atom. The zero-order valence-corrected chi connectivity index (χ0v) is 90.6. The lowest BCUT2D eigenvalue weighted by molar-refractivity contribution is -0.132. The van der Waals surface area contributed by atoms with Crippen molar-refractivity contribution in [2.75, 3.05) is 86.7 Å². The van der Waals surface area contributed by atoms with E-state index in [0.29, 0.717) is 117 Å². The number of nitrogens with one attached hydrogen (secondary N) is 7. The molecule has 0 radical (unpaired) electrons. The maximum absolute atomic E-state index is 13.2. The molecule has 141 heavy (non-hydrogen) atoms. The number of para-hydroxylation sites is 2. The fraction of sp³-hybridized carbons (Fsp3) is 0.550. The Kier molecular flexibility index (Phi) is 50.2. The van der Waals surface area contributed by atoms with Crippen LogP contribution in [0.1, 0.15) is 307 Å². The predicted octanol–water partition coefficient (Wildman–Crippen LogP) is 24.4. The lowest BCUT2D eigenvalue weighted by atomic mass is 9.90. The molecular weight excluding hydrogens is 1830 g/mol. The number of carbonyl (C=O) groups excluding carboxylic acids is 9. The number of anilines is 5. The molecule has 10 rings (SSSR count). The van der Waals surface area contributed by atoms with Crippen LogP contribution < -0.4 is 56.2 Å². The molecule has 780 valence electrons. The molecule has 0 spiro atoms. The van der Waals surface area contributed by atoms with Gasteiger partial charge in [-0.1, -0.05) is 213 Å². The van der Waals surface area contributed by atoms with Crippen LogP contribution in [0.15, 0.2) is 145 Å². The Bertz CT molecular complexity index is 5290. The number of carbonyl (C=O) groups is 9. The normalized spacial score (nSPS) is 13.8. The van der Waals surface area contributed by atoms with Gasteiger partial charge in [0.05, 0.1) is 59.9 Å². The third-order valence-electron chi connectivity index (χ3n) is 22.6. The number of pyridine rings is 1. The van der Waals surface area contributed by atoms with Crippen LogP contribution in [0.2, 0.25) is 5.02 Å². The van der Waals surface area contributed by atoms with Gasteiger partial charge < -0.3 is 65.8 Å². The van der Waals surface area contributed by atoms with Gasteiger partial charge in [-0.15, -0.1) is 0 Å². The van der Waals surface area contributed by atoms with Gasteiger partial charge in [-0.2, -0.15) is 4.31 Å². The van der Waals surface area contributed by atoms with E-state index in [9.17, 15) is 60.3 Å². The number of aryl methyl sites for hydroxylation is 2. The average molecular weight is 2000 g/mol. The minimum Gasteiger partial charge on any atom is -0.486 e. The second kappa shape index (κ2) is 57.9. The smallest absolute Gasteiger partial charge is 0.339 e. The van der Waals surface area contributed by atoms with E-state index in [2.05, 4.69) is 196 Å². The molecule has 6 aromatic carbocycles. The standard InChI is InChI=1S/C19H32N2O3S.C19H28N2O3.C16H23NO3.C16H23NO.C15H20ClNO3.C13H17F2NO.C13H20N2O2/c1-8-21(9-2)25(23,24)16-12-14(3)15(4)17(13-16)20-18(22)10-11-19(5,6)7;1-19(2,3)10-9-17(22)20-15-7-6-8-16(13-15)24-14-18(23)21-11-4-5-12-21;1-16(2,3)9-8-15(18)17-10-12-11-19-13-6-4-5-7-14(13)20-12;1-16(2,3)11-10-15(18)17-14-9-8-12-6-4-5-7-13(12)14;1-15(2,3)8-7-13(18)17-10-5-6-12(16)11(9-10)14(19)20-4;1-13(2,3)7-6-12(17)16-11-8-9(14)4-5-10(11)15;1-13(2,3)8-7-11(16)15-10-5-6-12(17-4)14-9-10/h12-13H,8-11H2,1-7H3,(H,20,22);6-8,13H,4-5,9-12,14H2,1-3H3,(H,20,22);4-7,12H,8-11H2,1-3H3,(H,17,18);4-7,14H,8-11H2,1-3H3,(H,17,18);5-6,9H,7-8H2,1-4H3,(H,17,18);4-5,8H,6-7H2,1-3H3,(H,16,17);5-6,9H,7-8H2,1-4H3,(H,15,16).